The maximum Gasteiger partial charge on any atom is 0.137 e. The number of hydrogen-bond donors (Lipinski definition) is 1. The molecule has 0 saturated heterocycles. The van der Waals surface area contributed by atoms with Crippen molar-refractivity contribution < 1.29 is 4.39 Å². The third-order valence-corrected chi connectivity index (χ3v) is 4.18. The average Bonchev–Trinajstić information content (AvgIpc) is 2.32. The van der Waals surface area contributed by atoms with E-state index in [1.807, 2.05) is 6.07 Å². The van der Waals surface area contributed by atoms with Crippen LogP contribution in [0.3, 0.4) is 0 Å². The minimum absolute atomic E-state index is 0.107. The summed E-state index contributed by atoms with van der Waals surface area (Å²) in [6.45, 7) is 6.45. The molecule has 1 nitrogen and oxygen atoms in total. The molecule has 0 aromatic heterocycles. The van der Waals surface area contributed by atoms with E-state index >= 15 is 0 Å². The van der Waals surface area contributed by atoms with Crippen molar-refractivity contribution in [1.82, 2.24) is 0 Å². The van der Waals surface area contributed by atoms with Crippen LogP contribution in [0.4, 0.5) is 4.39 Å². The normalized spacial score (nSPS) is 13.0. The molecule has 1 aromatic rings. The molecule has 0 radical (unpaired) electrons. The van der Waals surface area contributed by atoms with Gasteiger partial charge in [0.15, 0.2) is 0 Å². The highest BCUT2D eigenvalue weighted by Gasteiger charge is 2.11. The summed E-state index contributed by atoms with van der Waals surface area (Å²) in [6, 6.07) is 5.44. The van der Waals surface area contributed by atoms with E-state index in [0.717, 1.165) is 35.5 Å². The molecule has 0 aliphatic heterocycles. The Labute approximate surface area is 114 Å². The number of nitrogens with two attached hydrogens (primary N) is 1. The van der Waals surface area contributed by atoms with Gasteiger partial charge in [0.05, 0.1) is 0 Å². The van der Waals surface area contributed by atoms with E-state index in [4.69, 9.17) is 5.73 Å². The lowest BCUT2D eigenvalue weighted by molar-refractivity contribution is 0.584. The zero-order chi connectivity index (χ0) is 13.5. The fourth-order valence-corrected chi connectivity index (χ4v) is 3.04. The molecule has 0 heterocycles. The summed E-state index contributed by atoms with van der Waals surface area (Å²) < 4.78 is 13.9. The molecular formula is C15H24FNS. The first-order valence-corrected chi connectivity index (χ1v) is 7.68. The molecule has 0 fully saturated rings. The van der Waals surface area contributed by atoms with Crippen LogP contribution >= 0.6 is 11.8 Å². The minimum atomic E-state index is -0.107. The second kappa shape index (κ2) is 7.80. The number of thioether (sulfide) groups is 1. The van der Waals surface area contributed by atoms with Crippen molar-refractivity contribution in [3.05, 3.63) is 29.6 Å². The SMILES string of the molecule is CCC(N)Cc1cccc(F)c1SCCC(C)C. The summed E-state index contributed by atoms with van der Waals surface area (Å²) in [5.41, 5.74) is 7.02. The molecule has 0 bridgehead atoms. The molecule has 0 aliphatic rings. The van der Waals surface area contributed by atoms with Gasteiger partial charge in [0.1, 0.15) is 5.82 Å². The Kier molecular flexibility index (Phi) is 6.72. The van der Waals surface area contributed by atoms with E-state index in [9.17, 15) is 4.39 Å². The monoisotopic (exact) mass is 269 g/mol. The number of hydrogen-bond acceptors (Lipinski definition) is 2. The summed E-state index contributed by atoms with van der Waals surface area (Å²) in [5, 5.41) is 0. The lowest BCUT2D eigenvalue weighted by Crippen LogP contribution is -2.21. The number of benzene rings is 1. The van der Waals surface area contributed by atoms with Crippen molar-refractivity contribution in [1.29, 1.82) is 0 Å². The summed E-state index contributed by atoms with van der Waals surface area (Å²) in [5.74, 6) is 1.52. The second-order valence-corrected chi connectivity index (χ2v) is 6.24. The highest BCUT2D eigenvalue weighted by molar-refractivity contribution is 7.99. The van der Waals surface area contributed by atoms with Gasteiger partial charge in [-0.05, 0) is 42.6 Å². The summed E-state index contributed by atoms with van der Waals surface area (Å²) in [6.07, 6.45) is 2.79. The fourth-order valence-electron chi connectivity index (χ4n) is 1.70. The maximum atomic E-state index is 13.9. The van der Waals surface area contributed by atoms with Crippen LogP contribution in [0.25, 0.3) is 0 Å². The van der Waals surface area contributed by atoms with Crippen molar-refractivity contribution in [3.8, 4) is 0 Å². The largest absolute Gasteiger partial charge is 0.327 e. The molecule has 102 valence electrons. The topological polar surface area (TPSA) is 26.0 Å². The van der Waals surface area contributed by atoms with E-state index in [-0.39, 0.29) is 11.9 Å². The van der Waals surface area contributed by atoms with E-state index in [2.05, 4.69) is 20.8 Å². The van der Waals surface area contributed by atoms with Gasteiger partial charge in [0.25, 0.3) is 0 Å². The van der Waals surface area contributed by atoms with Crippen LogP contribution in [0.1, 0.15) is 39.2 Å². The molecular weight excluding hydrogens is 245 g/mol. The molecule has 18 heavy (non-hydrogen) atoms. The summed E-state index contributed by atoms with van der Waals surface area (Å²) in [4.78, 5) is 0.794. The third-order valence-electron chi connectivity index (χ3n) is 3.00. The summed E-state index contributed by atoms with van der Waals surface area (Å²) >= 11 is 1.62. The fraction of sp³-hybridized carbons (Fsp3) is 0.600. The number of halogens is 1. The molecule has 2 N–H and O–H groups in total. The Balaban J connectivity index is 2.74. The Morgan fingerprint density at radius 3 is 2.67 bits per heavy atom. The van der Waals surface area contributed by atoms with E-state index in [1.54, 1.807) is 23.9 Å². The van der Waals surface area contributed by atoms with Crippen molar-refractivity contribution in [2.75, 3.05) is 5.75 Å². The predicted molar refractivity (Wildman–Crippen MR) is 78.5 cm³/mol. The van der Waals surface area contributed by atoms with E-state index in [0.29, 0.717) is 5.92 Å². The molecule has 0 spiro atoms. The van der Waals surface area contributed by atoms with Crippen LogP contribution in [0, 0.1) is 11.7 Å². The van der Waals surface area contributed by atoms with Crippen LogP contribution in [0.15, 0.2) is 23.1 Å². The lowest BCUT2D eigenvalue weighted by Gasteiger charge is -2.14. The quantitative estimate of drug-likeness (QED) is 0.749. The highest BCUT2D eigenvalue weighted by Crippen LogP contribution is 2.28. The molecule has 3 heteroatoms. The van der Waals surface area contributed by atoms with Gasteiger partial charge in [-0.3, -0.25) is 0 Å². The first kappa shape index (κ1) is 15.5. The van der Waals surface area contributed by atoms with Crippen LogP contribution in [-0.2, 0) is 6.42 Å². The van der Waals surface area contributed by atoms with Gasteiger partial charge in [-0.25, -0.2) is 4.39 Å². The van der Waals surface area contributed by atoms with Crippen molar-refractivity contribution in [2.45, 2.75) is 51.0 Å². The van der Waals surface area contributed by atoms with Gasteiger partial charge in [0.2, 0.25) is 0 Å². The van der Waals surface area contributed by atoms with Gasteiger partial charge in [-0.2, -0.15) is 0 Å². The average molecular weight is 269 g/mol. The van der Waals surface area contributed by atoms with E-state index < -0.39 is 0 Å². The van der Waals surface area contributed by atoms with Gasteiger partial charge in [0, 0.05) is 10.9 Å². The highest BCUT2D eigenvalue weighted by atomic mass is 32.2. The van der Waals surface area contributed by atoms with Gasteiger partial charge in [-0.1, -0.05) is 32.9 Å². The minimum Gasteiger partial charge on any atom is -0.327 e. The standard InChI is InChI=1S/C15H24FNS/c1-4-13(17)10-12-6-5-7-14(16)15(12)18-9-8-11(2)3/h5-7,11,13H,4,8-10,17H2,1-3H3. The zero-order valence-corrected chi connectivity index (χ0v) is 12.4. The molecule has 0 aliphatic carbocycles. The van der Waals surface area contributed by atoms with E-state index in [1.165, 1.54) is 0 Å². The first-order valence-electron chi connectivity index (χ1n) is 6.70. The number of rotatable bonds is 7. The third kappa shape index (κ3) is 4.99. The van der Waals surface area contributed by atoms with Gasteiger partial charge in [-0.15, -0.1) is 11.8 Å². The molecule has 1 unspecified atom stereocenters. The molecule has 1 rings (SSSR count). The first-order chi connectivity index (χ1) is 8.54. The van der Waals surface area contributed by atoms with Crippen LogP contribution in [-0.4, -0.2) is 11.8 Å². The lowest BCUT2D eigenvalue weighted by atomic mass is 10.0. The molecule has 1 aromatic carbocycles. The second-order valence-electron chi connectivity index (χ2n) is 5.13. The smallest absolute Gasteiger partial charge is 0.137 e. The van der Waals surface area contributed by atoms with Crippen molar-refractivity contribution in [3.63, 3.8) is 0 Å². The zero-order valence-electron chi connectivity index (χ0n) is 11.6. The molecule has 0 amide bonds. The summed E-state index contributed by atoms with van der Waals surface area (Å²) in [7, 11) is 0. The van der Waals surface area contributed by atoms with Crippen molar-refractivity contribution >= 4 is 11.8 Å². The predicted octanol–water partition coefficient (Wildman–Crippen LogP) is 4.24. The van der Waals surface area contributed by atoms with Gasteiger partial charge >= 0.3 is 0 Å². The maximum absolute atomic E-state index is 13.9. The molecule has 1 atom stereocenters. The Bertz CT molecular complexity index is 366. The van der Waals surface area contributed by atoms with Crippen LogP contribution in [0.2, 0.25) is 0 Å². The Morgan fingerprint density at radius 2 is 2.06 bits per heavy atom. The van der Waals surface area contributed by atoms with Crippen LogP contribution in [0.5, 0.6) is 0 Å². The Morgan fingerprint density at radius 1 is 1.33 bits per heavy atom. The Hall–Kier alpha value is -0.540. The van der Waals surface area contributed by atoms with Gasteiger partial charge < -0.3 is 5.73 Å². The molecule has 0 saturated carbocycles. The van der Waals surface area contributed by atoms with Crippen LogP contribution < -0.4 is 5.73 Å². The van der Waals surface area contributed by atoms with Crippen molar-refractivity contribution in [2.24, 2.45) is 11.7 Å².